The number of allylic oxidation sites excluding steroid dienone is 1. The van der Waals surface area contributed by atoms with Crippen molar-refractivity contribution in [3.63, 3.8) is 0 Å². The lowest BCUT2D eigenvalue weighted by molar-refractivity contribution is -0.137. The molecule has 9 heteroatoms. The summed E-state index contributed by atoms with van der Waals surface area (Å²) >= 11 is 5.06. The number of aliphatic carboxylic acids is 1. The van der Waals surface area contributed by atoms with Crippen molar-refractivity contribution in [3.8, 4) is 11.5 Å². The number of carboxylic acids is 1. The zero-order valence-corrected chi connectivity index (χ0v) is 21.0. The second-order valence-corrected chi connectivity index (χ2v) is 9.27. The number of halogens is 1. The number of amides is 1. The lowest BCUT2D eigenvalue weighted by Gasteiger charge is -2.16. The Morgan fingerprint density at radius 2 is 1.94 bits per heavy atom. The Balaban J connectivity index is 1.99. The van der Waals surface area contributed by atoms with Crippen molar-refractivity contribution in [2.75, 3.05) is 27.3 Å². The normalized spacial score (nSPS) is 11.5. The van der Waals surface area contributed by atoms with E-state index in [1.807, 2.05) is 49.4 Å². The first kappa shape index (κ1) is 24.7. The molecule has 0 radical (unpaired) electrons. The largest absolute Gasteiger partial charge is 0.490 e. The minimum Gasteiger partial charge on any atom is -0.490 e. The molecule has 1 N–H and O–H groups in total. The van der Waals surface area contributed by atoms with Crippen molar-refractivity contribution in [3.05, 3.63) is 51.4 Å². The zero-order valence-electron chi connectivity index (χ0n) is 18.6. The van der Waals surface area contributed by atoms with E-state index >= 15 is 0 Å². The van der Waals surface area contributed by atoms with Gasteiger partial charge in [-0.3, -0.25) is 9.59 Å². The summed E-state index contributed by atoms with van der Waals surface area (Å²) in [5.41, 5.74) is 2.50. The minimum atomic E-state index is -0.868. The van der Waals surface area contributed by atoms with Gasteiger partial charge in [0.25, 0.3) is 5.91 Å². The maximum absolute atomic E-state index is 11.9. The Morgan fingerprint density at radius 3 is 2.61 bits per heavy atom. The molecule has 1 amide bonds. The fourth-order valence-electron chi connectivity index (χ4n) is 3.03. The van der Waals surface area contributed by atoms with Crippen LogP contribution in [0, 0.1) is 0 Å². The zero-order chi connectivity index (χ0) is 24.0. The van der Waals surface area contributed by atoms with Crippen LogP contribution in [-0.4, -0.2) is 54.2 Å². The molecule has 0 fully saturated rings. The number of fused-ring (bicyclic) bond motifs is 1. The molecule has 0 saturated carbocycles. The molecular weight excluding hydrogens is 508 g/mol. The van der Waals surface area contributed by atoms with E-state index in [-0.39, 0.29) is 18.9 Å². The van der Waals surface area contributed by atoms with Crippen molar-refractivity contribution >= 4 is 61.0 Å². The number of likely N-dealkylation sites (N-methyl/N-ethyl adjacent to an activating group) is 1. The van der Waals surface area contributed by atoms with Crippen LogP contribution < -0.4 is 9.47 Å². The summed E-state index contributed by atoms with van der Waals surface area (Å²) in [5.74, 6) is -0.101. The average Bonchev–Trinajstić information content (AvgIpc) is 3.20. The fourth-order valence-corrected chi connectivity index (χ4v) is 4.61. The van der Waals surface area contributed by atoms with Gasteiger partial charge in [0.05, 0.1) is 21.3 Å². The Labute approximate surface area is 204 Å². The summed E-state index contributed by atoms with van der Waals surface area (Å²) < 4.78 is 13.2. The van der Waals surface area contributed by atoms with Gasteiger partial charge in [0, 0.05) is 20.5 Å². The van der Waals surface area contributed by atoms with E-state index < -0.39 is 5.97 Å². The summed E-state index contributed by atoms with van der Waals surface area (Å²) in [6.45, 7) is 2.17. The van der Waals surface area contributed by atoms with Crippen molar-refractivity contribution in [1.29, 1.82) is 0 Å². The van der Waals surface area contributed by atoms with Gasteiger partial charge in [-0.25, -0.2) is 4.98 Å². The van der Waals surface area contributed by atoms with Gasteiger partial charge in [-0.2, -0.15) is 0 Å². The maximum Gasteiger partial charge on any atom is 0.303 e. The van der Waals surface area contributed by atoms with E-state index in [2.05, 4.69) is 15.9 Å². The van der Waals surface area contributed by atoms with Gasteiger partial charge >= 0.3 is 5.97 Å². The molecule has 0 saturated heterocycles. The second kappa shape index (κ2) is 11.3. The molecule has 0 atom stereocenters. The molecule has 0 unspecified atom stereocenters. The molecule has 0 bridgehead atoms. The molecule has 0 aliphatic heterocycles. The number of carboxylic acid groups (broad SMARTS) is 1. The van der Waals surface area contributed by atoms with Gasteiger partial charge in [0.15, 0.2) is 18.1 Å². The minimum absolute atomic E-state index is 0.00487. The first-order valence-corrected chi connectivity index (χ1v) is 12.0. The molecule has 0 spiro atoms. The van der Waals surface area contributed by atoms with E-state index in [1.54, 1.807) is 14.1 Å². The Bertz CT molecular complexity index is 1160. The topological polar surface area (TPSA) is 89.0 Å². The van der Waals surface area contributed by atoms with Gasteiger partial charge < -0.3 is 19.5 Å². The first-order chi connectivity index (χ1) is 15.8. The van der Waals surface area contributed by atoms with Crippen LogP contribution in [0.25, 0.3) is 21.9 Å². The fraction of sp³-hybridized carbons (Fsp3) is 0.292. The van der Waals surface area contributed by atoms with E-state index in [1.165, 1.54) is 16.2 Å². The summed E-state index contributed by atoms with van der Waals surface area (Å²) in [6, 6.07) is 11.5. The monoisotopic (exact) mass is 532 g/mol. The molecule has 174 valence electrons. The number of aromatic nitrogens is 1. The highest BCUT2D eigenvalue weighted by molar-refractivity contribution is 9.10. The first-order valence-electron chi connectivity index (χ1n) is 10.4. The standard InChI is InChI=1S/C24H25BrN2O5S/c1-4-31-19-13-15(12-17(25)23(19)32-14-21(28)27(2)3)11-16(9-10-22(29)30)24-26-18-7-5-6-8-20(18)33-24/h5-8,11-13H,4,9-10,14H2,1-3H3,(H,29,30)/b16-11-. The van der Waals surface area contributed by atoms with E-state index in [4.69, 9.17) is 14.5 Å². The summed E-state index contributed by atoms with van der Waals surface area (Å²) in [7, 11) is 3.33. The number of carbonyl (C=O) groups is 2. The number of para-hydroxylation sites is 1. The molecular formula is C24H25BrN2O5S. The van der Waals surface area contributed by atoms with E-state index in [0.29, 0.717) is 29.0 Å². The highest BCUT2D eigenvalue weighted by Crippen LogP contribution is 2.39. The van der Waals surface area contributed by atoms with Gasteiger partial charge in [-0.15, -0.1) is 11.3 Å². The van der Waals surface area contributed by atoms with Crippen molar-refractivity contribution in [2.24, 2.45) is 0 Å². The number of thiazole rings is 1. The third-order valence-corrected chi connectivity index (χ3v) is 6.39. The number of rotatable bonds is 10. The number of ether oxygens (including phenoxy) is 2. The summed E-state index contributed by atoms with van der Waals surface area (Å²) in [4.78, 5) is 29.4. The Hall–Kier alpha value is -2.91. The summed E-state index contributed by atoms with van der Waals surface area (Å²) in [6.07, 6.45) is 2.25. The third kappa shape index (κ3) is 6.55. The number of nitrogens with zero attached hydrogens (tertiary/aromatic N) is 2. The van der Waals surface area contributed by atoms with Crippen LogP contribution in [-0.2, 0) is 9.59 Å². The van der Waals surface area contributed by atoms with Crippen LogP contribution in [0.4, 0.5) is 0 Å². The van der Waals surface area contributed by atoms with Crippen LogP contribution in [0.5, 0.6) is 11.5 Å². The van der Waals surface area contributed by atoms with E-state index in [9.17, 15) is 14.7 Å². The van der Waals surface area contributed by atoms with Crippen LogP contribution >= 0.6 is 27.3 Å². The molecule has 2 aromatic carbocycles. The molecule has 33 heavy (non-hydrogen) atoms. The van der Waals surface area contributed by atoms with Gasteiger partial charge in [-0.05, 0) is 70.8 Å². The predicted octanol–water partition coefficient (Wildman–Crippen LogP) is 5.33. The lowest BCUT2D eigenvalue weighted by atomic mass is 10.1. The number of hydrogen-bond donors (Lipinski definition) is 1. The van der Waals surface area contributed by atoms with Crippen LogP contribution in [0.3, 0.4) is 0 Å². The molecule has 1 heterocycles. The van der Waals surface area contributed by atoms with Gasteiger partial charge in [-0.1, -0.05) is 12.1 Å². The smallest absolute Gasteiger partial charge is 0.303 e. The highest BCUT2D eigenvalue weighted by Gasteiger charge is 2.16. The average molecular weight is 533 g/mol. The molecule has 7 nitrogen and oxygen atoms in total. The van der Waals surface area contributed by atoms with Crippen molar-refractivity contribution < 1.29 is 24.2 Å². The number of hydrogen-bond acceptors (Lipinski definition) is 6. The van der Waals surface area contributed by atoms with E-state index in [0.717, 1.165) is 26.4 Å². The second-order valence-electron chi connectivity index (χ2n) is 7.39. The maximum atomic E-state index is 11.9. The third-order valence-electron chi connectivity index (χ3n) is 4.69. The van der Waals surface area contributed by atoms with Gasteiger partial charge in [0.2, 0.25) is 0 Å². The van der Waals surface area contributed by atoms with Gasteiger partial charge in [0.1, 0.15) is 5.01 Å². The van der Waals surface area contributed by atoms with Crippen LogP contribution in [0.2, 0.25) is 0 Å². The molecule has 1 aromatic heterocycles. The van der Waals surface area contributed by atoms with Crippen LogP contribution in [0.1, 0.15) is 30.3 Å². The van der Waals surface area contributed by atoms with Crippen molar-refractivity contribution in [1.82, 2.24) is 9.88 Å². The summed E-state index contributed by atoms with van der Waals surface area (Å²) in [5, 5.41) is 10.0. The number of benzene rings is 2. The molecule has 0 aliphatic rings. The molecule has 0 aliphatic carbocycles. The lowest BCUT2D eigenvalue weighted by Crippen LogP contribution is -2.27. The molecule has 3 rings (SSSR count). The number of carbonyl (C=O) groups excluding carboxylic acids is 1. The van der Waals surface area contributed by atoms with Crippen LogP contribution in [0.15, 0.2) is 40.9 Å². The predicted molar refractivity (Wildman–Crippen MR) is 134 cm³/mol. The van der Waals surface area contributed by atoms with Crippen molar-refractivity contribution in [2.45, 2.75) is 19.8 Å². The quantitative estimate of drug-likeness (QED) is 0.379. The highest BCUT2D eigenvalue weighted by atomic mass is 79.9. The molecule has 3 aromatic rings. The Kier molecular flexibility index (Phi) is 8.46. The Morgan fingerprint density at radius 1 is 1.18 bits per heavy atom. The SMILES string of the molecule is CCOc1cc(/C=C(/CCC(=O)O)c2nc3ccccc3s2)cc(Br)c1OCC(=O)N(C)C.